The Hall–Kier alpha value is -4.19. The molecule has 0 fully saturated rings. The molecule has 1 aliphatic rings. The maximum atomic E-state index is 13.6. The van der Waals surface area contributed by atoms with Crippen LogP contribution < -0.4 is 4.90 Å². The summed E-state index contributed by atoms with van der Waals surface area (Å²) in [5.41, 5.74) is 2.68. The van der Waals surface area contributed by atoms with Crippen molar-refractivity contribution in [3.05, 3.63) is 94.7 Å². The second kappa shape index (κ2) is 8.51. The Morgan fingerprint density at radius 3 is 2.19 bits per heavy atom. The average molecular weight is 427 g/mol. The molecule has 6 nitrogen and oxygen atoms in total. The van der Waals surface area contributed by atoms with Crippen LogP contribution in [0.3, 0.4) is 0 Å². The number of benzene rings is 3. The maximum Gasteiger partial charge on any atom is 0.340 e. The summed E-state index contributed by atoms with van der Waals surface area (Å²) in [6.45, 7) is 1.73. The molecule has 0 atom stereocenters. The zero-order valence-corrected chi connectivity index (χ0v) is 17.9. The van der Waals surface area contributed by atoms with E-state index >= 15 is 0 Å². The normalized spacial score (nSPS) is 14.9. The van der Waals surface area contributed by atoms with E-state index in [9.17, 15) is 14.4 Å². The van der Waals surface area contributed by atoms with Crippen LogP contribution in [0.2, 0.25) is 0 Å². The highest BCUT2D eigenvalue weighted by atomic mass is 16.5. The summed E-state index contributed by atoms with van der Waals surface area (Å²) in [6.07, 6.45) is 1.63. The number of rotatable bonds is 4. The third kappa shape index (κ3) is 3.56. The minimum atomic E-state index is -0.587. The Morgan fingerprint density at radius 1 is 0.844 bits per heavy atom. The predicted octanol–water partition coefficient (Wildman–Crippen LogP) is 4.50. The van der Waals surface area contributed by atoms with E-state index in [0.29, 0.717) is 22.5 Å². The van der Waals surface area contributed by atoms with Gasteiger partial charge in [0.2, 0.25) is 0 Å². The first-order chi connectivity index (χ1) is 15.5. The molecule has 0 aromatic heterocycles. The van der Waals surface area contributed by atoms with Crippen LogP contribution in [0.15, 0.2) is 83.6 Å². The van der Waals surface area contributed by atoms with Gasteiger partial charge in [0.1, 0.15) is 0 Å². The molecular weight excluding hydrogens is 406 g/mol. The fourth-order valence-corrected chi connectivity index (χ4v) is 3.87. The number of amides is 1. The van der Waals surface area contributed by atoms with E-state index in [1.165, 1.54) is 14.2 Å². The Labute approximate surface area is 185 Å². The molecule has 0 saturated heterocycles. The Balaban J connectivity index is 1.83. The zero-order valence-electron chi connectivity index (χ0n) is 17.9. The number of nitrogens with zero attached hydrogens (tertiary/aromatic N) is 1. The van der Waals surface area contributed by atoms with Crippen molar-refractivity contribution in [2.45, 2.75) is 6.92 Å². The molecule has 0 bridgehead atoms. The molecule has 1 amide bonds. The number of carbonyl (C=O) groups is 3. The number of ether oxygens (including phenoxy) is 2. The third-order valence-corrected chi connectivity index (χ3v) is 5.44. The summed E-state index contributed by atoms with van der Waals surface area (Å²) in [5.74, 6) is -1.36. The van der Waals surface area contributed by atoms with Gasteiger partial charge in [0.15, 0.2) is 0 Å². The molecule has 1 aliphatic heterocycles. The lowest BCUT2D eigenvalue weighted by Crippen LogP contribution is -2.24. The molecule has 4 rings (SSSR count). The molecule has 3 aromatic carbocycles. The van der Waals surface area contributed by atoms with Crippen molar-refractivity contribution in [3.63, 3.8) is 0 Å². The van der Waals surface area contributed by atoms with Gasteiger partial charge in [0, 0.05) is 11.1 Å². The van der Waals surface area contributed by atoms with Gasteiger partial charge in [0.25, 0.3) is 5.91 Å². The van der Waals surface area contributed by atoms with E-state index in [0.717, 1.165) is 10.8 Å². The van der Waals surface area contributed by atoms with Crippen molar-refractivity contribution in [2.24, 2.45) is 0 Å². The summed E-state index contributed by atoms with van der Waals surface area (Å²) in [6, 6.07) is 20.1. The second-order valence-electron chi connectivity index (χ2n) is 7.26. The van der Waals surface area contributed by atoms with Gasteiger partial charge < -0.3 is 9.47 Å². The van der Waals surface area contributed by atoms with Crippen LogP contribution in [0.25, 0.3) is 16.8 Å². The van der Waals surface area contributed by atoms with E-state index < -0.39 is 11.9 Å². The SMILES string of the molecule is COC(=O)C1=C(C)N(c2cccc3ccccc23)C(=O)C1=Cc1ccc(C(=O)OC)cc1. The van der Waals surface area contributed by atoms with Crippen LogP contribution >= 0.6 is 0 Å². The van der Waals surface area contributed by atoms with E-state index in [4.69, 9.17) is 9.47 Å². The number of methoxy groups -OCH3 is 2. The summed E-state index contributed by atoms with van der Waals surface area (Å²) in [5, 5.41) is 1.89. The van der Waals surface area contributed by atoms with Crippen molar-refractivity contribution in [1.29, 1.82) is 0 Å². The maximum absolute atomic E-state index is 13.6. The lowest BCUT2D eigenvalue weighted by atomic mass is 10.0. The molecule has 0 aliphatic carbocycles. The molecule has 32 heavy (non-hydrogen) atoms. The van der Waals surface area contributed by atoms with Gasteiger partial charge in [-0.15, -0.1) is 0 Å². The second-order valence-corrected chi connectivity index (χ2v) is 7.26. The summed E-state index contributed by atoms with van der Waals surface area (Å²) < 4.78 is 9.70. The molecule has 1 heterocycles. The highest BCUT2D eigenvalue weighted by Gasteiger charge is 2.38. The fraction of sp³-hybridized carbons (Fsp3) is 0.115. The van der Waals surface area contributed by atoms with Gasteiger partial charge in [-0.3, -0.25) is 9.69 Å². The largest absolute Gasteiger partial charge is 0.465 e. The number of anilines is 1. The zero-order chi connectivity index (χ0) is 22.8. The number of esters is 2. The number of hydrogen-bond acceptors (Lipinski definition) is 5. The van der Waals surface area contributed by atoms with Crippen molar-refractivity contribution in [2.75, 3.05) is 19.1 Å². The molecule has 0 saturated carbocycles. The van der Waals surface area contributed by atoms with Gasteiger partial charge >= 0.3 is 11.9 Å². The molecular formula is C26H21NO5. The van der Waals surface area contributed by atoms with E-state index in [2.05, 4.69) is 0 Å². The lowest BCUT2D eigenvalue weighted by molar-refractivity contribution is -0.136. The van der Waals surface area contributed by atoms with Gasteiger partial charge in [-0.05, 0) is 42.1 Å². The number of hydrogen-bond donors (Lipinski definition) is 0. The number of fused-ring (bicyclic) bond motifs is 1. The van der Waals surface area contributed by atoms with Gasteiger partial charge in [-0.25, -0.2) is 9.59 Å². The molecule has 0 N–H and O–H groups in total. The van der Waals surface area contributed by atoms with Crippen LogP contribution in [0.4, 0.5) is 5.69 Å². The average Bonchev–Trinajstić information content (AvgIpc) is 3.07. The minimum Gasteiger partial charge on any atom is -0.465 e. The van der Waals surface area contributed by atoms with Crippen LogP contribution in [0.1, 0.15) is 22.8 Å². The number of carbonyl (C=O) groups excluding carboxylic acids is 3. The summed E-state index contributed by atoms with van der Waals surface area (Å²) >= 11 is 0. The van der Waals surface area contributed by atoms with Crippen molar-refractivity contribution >= 4 is 40.4 Å². The number of allylic oxidation sites excluding steroid dienone is 1. The molecule has 0 unspecified atom stereocenters. The van der Waals surface area contributed by atoms with E-state index in [-0.39, 0.29) is 17.1 Å². The Morgan fingerprint density at radius 2 is 1.50 bits per heavy atom. The van der Waals surface area contributed by atoms with Crippen LogP contribution in [-0.2, 0) is 19.1 Å². The standard InChI is InChI=1S/C26H21NO5/c1-16-23(26(30)32-3)21(15-17-11-13-19(14-12-17)25(29)31-2)24(28)27(16)22-10-6-8-18-7-4-5-9-20(18)22/h4-15H,1-3H3. The summed E-state index contributed by atoms with van der Waals surface area (Å²) in [4.78, 5) is 39.4. The molecule has 0 spiro atoms. The minimum absolute atomic E-state index is 0.211. The van der Waals surface area contributed by atoms with E-state index in [1.54, 1.807) is 42.2 Å². The lowest BCUT2D eigenvalue weighted by Gasteiger charge is -2.20. The first-order valence-corrected chi connectivity index (χ1v) is 9.98. The highest BCUT2D eigenvalue weighted by Crippen LogP contribution is 2.38. The predicted molar refractivity (Wildman–Crippen MR) is 122 cm³/mol. The highest BCUT2D eigenvalue weighted by molar-refractivity contribution is 6.25. The fourth-order valence-electron chi connectivity index (χ4n) is 3.87. The quantitative estimate of drug-likeness (QED) is 0.453. The van der Waals surface area contributed by atoms with Crippen LogP contribution in [0.5, 0.6) is 0 Å². The summed E-state index contributed by atoms with van der Waals surface area (Å²) in [7, 11) is 2.60. The van der Waals surface area contributed by atoms with Crippen LogP contribution in [-0.4, -0.2) is 32.1 Å². The van der Waals surface area contributed by atoms with E-state index in [1.807, 2.05) is 42.5 Å². The molecule has 160 valence electrons. The molecule has 3 aromatic rings. The van der Waals surface area contributed by atoms with Crippen LogP contribution in [0, 0.1) is 0 Å². The topological polar surface area (TPSA) is 72.9 Å². The first kappa shape index (κ1) is 21.1. The monoisotopic (exact) mass is 427 g/mol. The van der Waals surface area contributed by atoms with Gasteiger partial charge in [-0.2, -0.15) is 0 Å². The van der Waals surface area contributed by atoms with Gasteiger partial charge in [-0.1, -0.05) is 48.5 Å². The van der Waals surface area contributed by atoms with Gasteiger partial charge in [0.05, 0.1) is 36.6 Å². The third-order valence-electron chi connectivity index (χ3n) is 5.44. The molecule has 0 radical (unpaired) electrons. The van der Waals surface area contributed by atoms with Crippen molar-refractivity contribution in [3.8, 4) is 0 Å². The Kier molecular flexibility index (Phi) is 5.60. The smallest absolute Gasteiger partial charge is 0.340 e. The van der Waals surface area contributed by atoms with Crippen molar-refractivity contribution in [1.82, 2.24) is 0 Å². The first-order valence-electron chi connectivity index (χ1n) is 9.98. The van der Waals surface area contributed by atoms with Crippen molar-refractivity contribution < 1.29 is 23.9 Å². The molecule has 6 heteroatoms. The Bertz CT molecular complexity index is 1300.